The predicted molar refractivity (Wildman–Crippen MR) is 142 cm³/mol. The van der Waals surface area contributed by atoms with Crippen molar-refractivity contribution in [1.82, 2.24) is 9.55 Å². The third kappa shape index (κ3) is 7.14. The highest BCUT2D eigenvalue weighted by Gasteiger charge is 2.31. The van der Waals surface area contributed by atoms with E-state index < -0.39 is 6.36 Å². The van der Waals surface area contributed by atoms with Crippen LogP contribution in [-0.4, -0.2) is 15.9 Å². The Morgan fingerprint density at radius 3 is 2.21 bits per heavy atom. The first-order chi connectivity index (χ1) is 15.8. The largest absolute Gasteiger partial charge is 0.573 e. The fraction of sp³-hybridized carbons (Fsp3) is 0.154. The van der Waals surface area contributed by atoms with Crippen molar-refractivity contribution in [2.45, 2.75) is 27.6 Å². The van der Waals surface area contributed by atoms with Gasteiger partial charge in [0.1, 0.15) is 5.75 Å². The highest BCUT2D eigenvalue weighted by atomic mass is 79.9. The molecule has 0 atom stereocenters. The lowest BCUT2D eigenvalue weighted by Gasteiger charge is -2.11. The van der Waals surface area contributed by atoms with E-state index in [0.717, 1.165) is 19.8 Å². The molecule has 5 aromatic rings. The van der Waals surface area contributed by atoms with Crippen LogP contribution >= 0.6 is 31.9 Å². The Kier molecular flexibility index (Phi) is 9.82. The molecular formula is C26H25Br2F3N2O. The lowest BCUT2D eigenvalue weighted by Crippen LogP contribution is -2.17. The minimum absolute atomic E-state index is 0. The smallest absolute Gasteiger partial charge is 0.406 e. The maximum atomic E-state index is 12.3. The molecule has 0 saturated heterocycles. The molecule has 0 unspecified atom stereocenters. The third-order valence-corrected chi connectivity index (χ3v) is 5.48. The highest BCUT2D eigenvalue weighted by Crippen LogP contribution is 2.28. The summed E-state index contributed by atoms with van der Waals surface area (Å²) in [5.74, 6) is -0.237. The molecule has 1 N–H and O–H groups in total. The maximum Gasteiger partial charge on any atom is 0.573 e. The zero-order valence-electron chi connectivity index (χ0n) is 17.8. The van der Waals surface area contributed by atoms with E-state index >= 15 is 0 Å². The fourth-order valence-electron chi connectivity index (χ4n) is 3.19. The van der Waals surface area contributed by atoms with Gasteiger partial charge in [-0.25, -0.2) is 0 Å². The number of aromatic nitrogens is 2. The second-order valence-corrected chi connectivity index (χ2v) is 8.47. The average Bonchev–Trinajstić information content (AvgIpc) is 3.40. The molecule has 0 bridgehead atoms. The van der Waals surface area contributed by atoms with E-state index in [4.69, 9.17) is 0 Å². The summed E-state index contributed by atoms with van der Waals surface area (Å²) in [6.45, 7) is 4.00. The van der Waals surface area contributed by atoms with Crippen molar-refractivity contribution in [2.75, 3.05) is 0 Å². The lowest BCUT2D eigenvalue weighted by atomic mass is 10.2. The molecule has 0 fully saturated rings. The Morgan fingerprint density at radius 1 is 0.824 bits per heavy atom. The first kappa shape index (κ1) is 27.5. The van der Waals surface area contributed by atoms with E-state index in [1.807, 2.05) is 61.1 Å². The van der Waals surface area contributed by atoms with Gasteiger partial charge in [-0.3, -0.25) is 0 Å². The van der Waals surface area contributed by atoms with Crippen molar-refractivity contribution in [3.63, 3.8) is 0 Å². The SMILES string of the molecule is Brc1ccc2[nH]ccc2c1.C.CC.FC(F)(F)Oc1cccc(-n2ccc3cc(Br)ccc32)c1. The minimum atomic E-state index is -4.69. The van der Waals surface area contributed by atoms with Crippen molar-refractivity contribution in [2.24, 2.45) is 0 Å². The van der Waals surface area contributed by atoms with E-state index in [9.17, 15) is 13.2 Å². The number of H-pyrrole nitrogens is 1. The summed E-state index contributed by atoms with van der Waals surface area (Å²) in [7, 11) is 0. The number of nitrogens with one attached hydrogen (secondary N) is 1. The lowest BCUT2D eigenvalue weighted by molar-refractivity contribution is -0.274. The van der Waals surface area contributed by atoms with Gasteiger partial charge in [-0.1, -0.05) is 59.2 Å². The Bertz CT molecular complexity index is 1340. The fourth-order valence-corrected chi connectivity index (χ4v) is 3.95. The molecule has 0 aliphatic heterocycles. The summed E-state index contributed by atoms with van der Waals surface area (Å²) in [6, 6.07) is 21.7. The molecule has 0 radical (unpaired) electrons. The molecule has 0 amide bonds. The van der Waals surface area contributed by atoms with Crippen LogP contribution in [0.4, 0.5) is 13.2 Å². The van der Waals surface area contributed by atoms with Crippen molar-refractivity contribution in [3.05, 3.63) is 94.1 Å². The maximum absolute atomic E-state index is 12.3. The molecule has 2 aromatic heterocycles. The summed E-state index contributed by atoms with van der Waals surface area (Å²) in [6.07, 6.45) is -0.941. The van der Waals surface area contributed by atoms with Crippen LogP contribution < -0.4 is 4.74 Å². The van der Waals surface area contributed by atoms with Gasteiger partial charge in [0.2, 0.25) is 0 Å². The Hall–Kier alpha value is -2.71. The van der Waals surface area contributed by atoms with Gasteiger partial charge in [0.05, 0.1) is 5.52 Å². The first-order valence-corrected chi connectivity index (χ1v) is 11.7. The van der Waals surface area contributed by atoms with Gasteiger partial charge in [0.15, 0.2) is 0 Å². The molecular weight excluding hydrogens is 573 g/mol. The van der Waals surface area contributed by atoms with Crippen LogP contribution in [0, 0.1) is 0 Å². The Morgan fingerprint density at radius 2 is 1.50 bits per heavy atom. The van der Waals surface area contributed by atoms with Gasteiger partial charge in [0, 0.05) is 49.4 Å². The molecule has 2 heterocycles. The molecule has 5 rings (SSSR count). The third-order valence-electron chi connectivity index (χ3n) is 4.50. The number of fused-ring (bicyclic) bond motifs is 2. The van der Waals surface area contributed by atoms with Gasteiger partial charge in [-0.05, 0) is 60.7 Å². The number of ether oxygens (including phenoxy) is 1. The number of rotatable bonds is 2. The number of aromatic amines is 1. The number of alkyl halides is 3. The number of halogens is 5. The standard InChI is InChI=1S/C15H9BrF3NO.C8H6BrN.C2H6.CH4/c16-11-4-5-14-10(8-11)6-7-20(14)12-2-1-3-13(9-12)21-15(17,18)19;9-7-1-2-8-6(5-7)3-4-10-8;1-2;/h1-9H;1-5,10H;1-2H3;1H4. The first-order valence-electron chi connectivity index (χ1n) is 10.1. The molecule has 0 aliphatic carbocycles. The zero-order valence-corrected chi connectivity index (χ0v) is 21.0. The van der Waals surface area contributed by atoms with Crippen molar-refractivity contribution in [1.29, 1.82) is 0 Å². The summed E-state index contributed by atoms with van der Waals surface area (Å²) in [5.41, 5.74) is 2.69. The number of hydrogen-bond donors (Lipinski definition) is 1. The molecule has 180 valence electrons. The van der Waals surface area contributed by atoms with Crippen molar-refractivity contribution in [3.8, 4) is 11.4 Å². The van der Waals surface area contributed by atoms with Gasteiger partial charge < -0.3 is 14.3 Å². The van der Waals surface area contributed by atoms with Gasteiger partial charge in [0.25, 0.3) is 0 Å². The molecule has 3 aromatic carbocycles. The average molecular weight is 598 g/mol. The highest BCUT2D eigenvalue weighted by molar-refractivity contribution is 9.10. The van der Waals surface area contributed by atoms with Crippen molar-refractivity contribution >= 4 is 53.7 Å². The monoisotopic (exact) mass is 596 g/mol. The van der Waals surface area contributed by atoms with Gasteiger partial charge >= 0.3 is 6.36 Å². The van der Waals surface area contributed by atoms with Crippen molar-refractivity contribution < 1.29 is 17.9 Å². The zero-order chi connectivity index (χ0) is 24.0. The summed E-state index contributed by atoms with van der Waals surface area (Å²) in [4.78, 5) is 3.13. The van der Waals surface area contributed by atoms with Crippen LogP contribution in [0.1, 0.15) is 21.3 Å². The molecule has 8 heteroatoms. The number of benzene rings is 3. The molecule has 3 nitrogen and oxygen atoms in total. The minimum Gasteiger partial charge on any atom is -0.406 e. The quantitative estimate of drug-likeness (QED) is 0.216. The van der Waals surface area contributed by atoms with E-state index in [0.29, 0.717) is 5.69 Å². The van der Waals surface area contributed by atoms with Gasteiger partial charge in [-0.2, -0.15) is 0 Å². The molecule has 0 saturated carbocycles. The Balaban J connectivity index is 0.000000264. The van der Waals surface area contributed by atoms with Crippen LogP contribution in [0.3, 0.4) is 0 Å². The van der Waals surface area contributed by atoms with E-state index in [2.05, 4.69) is 59.8 Å². The molecule has 34 heavy (non-hydrogen) atoms. The Labute approximate surface area is 213 Å². The van der Waals surface area contributed by atoms with Crippen LogP contribution in [-0.2, 0) is 0 Å². The summed E-state index contributed by atoms with van der Waals surface area (Å²) < 4.78 is 44.7. The van der Waals surface area contributed by atoms with Crippen LogP contribution in [0.5, 0.6) is 5.75 Å². The van der Waals surface area contributed by atoms with Gasteiger partial charge in [-0.15, -0.1) is 13.2 Å². The van der Waals surface area contributed by atoms with E-state index in [1.54, 1.807) is 6.07 Å². The topological polar surface area (TPSA) is 29.9 Å². The van der Waals surface area contributed by atoms with E-state index in [1.165, 1.54) is 29.1 Å². The number of hydrogen-bond acceptors (Lipinski definition) is 1. The van der Waals surface area contributed by atoms with Crippen LogP contribution in [0.25, 0.3) is 27.5 Å². The molecule has 0 spiro atoms. The molecule has 0 aliphatic rings. The summed E-state index contributed by atoms with van der Waals surface area (Å²) in [5, 5.41) is 2.24. The van der Waals surface area contributed by atoms with Crippen LogP contribution in [0.2, 0.25) is 0 Å². The normalized spacial score (nSPS) is 10.6. The second kappa shape index (κ2) is 12.1. The number of nitrogens with zero attached hydrogens (tertiary/aromatic N) is 1. The van der Waals surface area contributed by atoms with E-state index in [-0.39, 0.29) is 13.2 Å². The second-order valence-electron chi connectivity index (χ2n) is 6.64. The summed E-state index contributed by atoms with van der Waals surface area (Å²) >= 11 is 6.79. The van der Waals surface area contributed by atoms with Crippen LogP contribution in [0.15, 0.2) is 94.1 Å². The predicted octanol–water partition coefficient (Wildman–Crippen LogP) is 9.88.